The van der Waals surface area contributed by atoms with Crippen LogP contribution in [-0.4, -0.2) is 66.8 Å². The molecule has 1 fully saturated rings. The fourth-order valence-corrected chi connectivity index (χ4v) is 4.70. The molecule has 2 N–H and O–H groups in total. The number of anilines is 3. The summed E-state index contributed by atoms with van der Waals surface area (Å²) in [6, 6.07) is 17.4. The first kappa shape index (κ1) is 30.7. The van der Waals surface area contributed by atoms with Crippen molar-refractivity contribution < 1.29 is 28.1 Å². The van der Waals surface area contributed by atoms with Crippen molar-refractivity contribution in [2.45, 2.75) is 20.8 Å². The molecule has 230 valence electrons. The summed E-state index contributed by atoms with van der Waals surface area (Å²) in [4.78, 5) is 24.5. The summed E-state index contributed by atoms with van der Waals surface area (Å²) < 4.78 is 37.8. The van der Waals surface area contributed by atoms with Crippen molar-refractivity contribution in [1.82, 2.24) is 14.9 Å². The van der Waals surface area contributed by atoms with Gasteiger partial charge >= 0.3 is 0 Å². The number of nitrogens with one attached hydrogen (secondary N) is 2. The number of halogens is 1. The van der Waals surface area contributed by atoms with Gasteiger partial charge in [0.1, 0.15) is 12.2 Å². The topological polar surface area (TPSA) is 107 Å². The van der Waals surface area contributed by atoms with E-state index in [-0.39, 0.29) is 23.1 Å². The maximum atomic E-state index is 14.9. The van der Waals surface area contributed by atoms with Gasteiger partial charge in [0.15, 0.2) is 23.1 Å². The minimum Gasteiger partial charge on any atom is -0.490 e. The Kier molecular flexibility index (Phi) is 10.2. The summed E-state index contributed by atoms with van der Waals surface area (Å²) in [5, 5.41) is 5.95. The SMILES string of the molecule is CCOc1ccccc1Oc1nc(Nc2ccc(OCCN3CCOCC3)c(F)c2)ncc1C(=O)Nc1c(C)cccc1C. The molecule has 11 heteroatoms. The summed E-state index contributed by atoms with van der Waals surface area (Å²) >= 11 is 0. The molecule has 2 heterocycles. The van der Waals surface area contributed by atoms with Crippen LogP contribution in [0.15, 0.2) is 66.9 Å². The molecule has 1 saturated heterocycles. The second-order valence-corrected chi connectivity index (χ2v) is 10.2. The summed E-state index contributed by atoms with van der Waals surface area (Å²) in [5.74, 6) is 0.172. The standard InChI is InChI=1S/C33H36FN5O5/c1-4-42-28-10-5-6-11-29(28)44-32-25(31(40)37-30-22(2)8-7-9-23(30)3)21-35-33(38-32)36-24-12-13-27(26(34)20-24)43-19-16-39-14-17-41-18-15-39/h5-13,20-21H,4,14-19H2,1-3H3,(H,37,40)(H,35,36,38). The Morgan fingerprint density at radius 3 is 2.45 bits per heavy atom. The molecule has 3 aromatic carbocycles. The van der Waals surface area contributed by atoms with Crippen molar-refractivity contribution in [3.05, 3.63) is 89.4 Å². The summed E-state index contributed by atoms with van der Waals surface area (Å²) in [6.07, 6.45) is 1.37. The molecule has 4 aromatic rings. The lowest BCUT2D eigenvalue weighted by Crippen LogP contribution is -2.38. The van der Waals surface area contributed by atoms with E-state index in [0.29, 0.717) is 55.8 Å². The van der Waals surface area contributed by atoms with Crippen LogP contribution in [0.3, 0.4) is 0 Å². The van der Waals surface area contributed by atoms with Gasteiger partial charge in [0.25, 0.3) is 5.91 Å². The fourth-order valence-electron chi connectivity index (χ4n) is 4.70. The number of hydrogen-bond acceptors (Lipinski definition) is 9. The van der Waals surface area contributed by atoms with Crippen LogP contribution in [0.5, 0.6) is 23.1 Å². The first-order chi connectivity index (χ1) is 21.4. The van der Waals surface area contributed by atoms with E-state index in [1.807, 2.05) is 45.0 Å². The molecule has 0 aliphatic carbocycles. The molecule has 0 radical (unpaired) electrons. The first-order valence-electron chi connectivity index (χ1n) is 14.5. The predicted octanol–water partition coefficient (Wildman–Crippen LogP) is 6.13. The summed E-state index contributed by atoms with van der Waals surface area (Å²) in [5.41, 5.74) is 3.04. The van der Waals surface area contributed by atoms with Crippen LogP contribution >= 0.6 is 0 Å². The maximum absolute atomic E-state index is 14.9. The average molecular weight is 602 g/mol. The molecule has 1 amide bonds. The number of hydrogen-bond donors (Lipinski definition) is 2. The second-order valence-electron chi connectivity index (χ2n) is 10.2. The van der Waals surface area contributed by atoms with Crippen molar-refractivity contribution in [3.63, 3.8) is 0 Å². The zero-order valence-electron chi connectivity index (χ0n) is 25.1. The second kappa shape index (κ2) is 14.6. The number of benzene rings is 3. The van der Waals surface area contributed by atoms with Gasteiger partial charge in [-0.15, -0.1) is 0 Å². The monoisotopic (exact) mass is 601 g/mol. The third-order valence-electron chi connectivity index (χ3n) is 7.03. The highest BCUT2D eigenvalue weighted by molar-refractivity contribution is 6.06. The highest BCUT2D eigenvalue weighted by Crippen LogP contribution is 2.33. The molecule has 1 aliphatic heterocycles. The Morgan fingerprint density at radius 1 is 0.977 bits per heavy atom. The van der Waals surface area contributed by atoms with Gasteiger partial charge in [-0.25, -0.2) is 9.37 Å². The molecular formula is C33H36FN5O5. The van der Waals surface area contributed by atoms with Gasteiger partial charge in [-0.1, -0.05) is 30.3 Å². The molecule has 0 bridgehead atoms. The molecule has 0 spiro atoms. The lowest BCUT2D eigenvalue weighted by molar-refractivity contribution is 0.0320. The molecule has 0 saturated carbocycles. The lowest BCUT2D eigenvalue weighted by Gasteiger charge is -2.26. The van der Waals surface area contributed by atoms with Gasteiger partial charge in [0.05, 0.1) is 19.8 Å². The smallest absolute Gasteiger partial charge is 0.262 e. The van der Waals surface area contributed by atoms with E-state index < -0.39 is 11.7 Å². The van der Waals surface area contributed by atoms with Gasteiger partial charge in [-0.05, 0) is 56.2 Å². The number of para-hydroxylation sites is 3. The van der Waals surface area contributed by atoms with Crippen LogP contribution in [0, 0.1) is 19.7 Å². The van der Waals surface area contributed by atoms with Crippen molar-refractivity contribution in [1.29, 1.82) is 0 Å². The van der Waals surface area contributed by atoms with E-state index in [9.17, 15) is 9.18 Å². The van der Waals surface area contributed by atoms with Crippen LogP contribution in [-0.2, 0) is 4.74 Å². The number of aryl methyl sites for hydroxylation is 2. The van der Waals surface area contributed by atoms with Crippen LogP contribution in [0.4, 0.5) is 21.7 Å². The van der Waals surface area contributed by atoms with Crippen molar-refractivity contribution in [2.75, 3.05) is 56.7 Å². The van der Waals surface area contributed by atoms with Crippen molar-refractivity contribution in [3.8, 4) is 23.1 Å². The lowest BCUT2D eigenvalue weighted by atomic mass is 10.1. The summed E-state index contributed by atoms with van der Waals surface area (Å²) in [7, 11) is 0. The Hall–Kier alpha value is -4.74. The van der Waals surface area contributed by atoms with Crippen molar-refractivity contribution in [2.24, 2.45) is 0 Å². The Morgan fingerprint density at radius 2 is 1.73 bits per heavy atom. The predicted molar refractivity (Wildman–Crippen MR) is 166 cm³/mol. The number of aromatic nitrogens is 2. The van der Waals surface area contributed by atoms with E-state index in [1.165, 1.54) is 12.3 Å². The number of amides is 1. The molecular weight excluding hydrogens is 565 g/mol. The van der Waals surface area contributed by atoms with Gasteiger partial charge in [0, 0.05) is 43.3 Å². The molecule has 1 aromatic heterocycles. The minimum absolute atomic E-state index is 0.00179. The van der Waals surface area contributed by atoms with Gasteiger partial charge < -0.3 is 29.6 Å². The molecule has 0 atom stereocenters. The number of morpholine rings is 1. The molecule has 44 heavy (non-hydrogen) atoms. The average Bonchev–Trinajstić information content (AvgIpc) is 3.02. The minimum atomic E-state index is -0.524. The number of rotatable bonds is 12. The van der Waals surface area contributed by atoms with Crippen molar-refractivity contribution >= 4 is 23.2 Å². The van der Waals surface area contributed by atoms with Gasteiger partial charge in [-0.2, -0.15) is 4.98 Å². The molecule has 0 unspecified atom stereocenters. The number of carbonyl (C=O) groups excluding carboxylic acids is 1. The van der Waals surface area contributed by atoms with E-state index in [1.54, 1.807) is 30.3 Å². The Balaban J connectivity index is 1.36. The molecule has 1 aliphatic rings. The highest BCUT2D eigenvalue weighted by Gasteiger charge is 2.20. The highest BCUT2D eigenvalue weighted by atomic mass is 19.1. The molecule has 10 nitrogen and oxygen atoms in total. The van der Waals surface area contributed by atoms with Crippen LogP contribution < -0.4 is 24.8 Å². The fraction of sp³-hybridized carbons (Fsp3) is 0.303. The molecule has 5 rings (SSSR count). The normalized spacial score (nSPS) is 13.3. The summed E-state index contributed by atoms with van der Waals surface area (Å²) in [6.45, 7) is 10.2. The quantitative estimate of drug-likeness (QED) is 0.198. The number of nitrogens with zero attached hydrogens (tertiary/aromatic N) is 3. The number of carbonyl (C=O) groups is 1. The maximum Gasteiger partial charge on any atom is 0.262 e. The largest absolute Gasteiger partial charge is 0.490 e. The van der Waals surface area contributed by atoms with E-state index in [0.717, 1.165) is 24.2 Å². The Bertz CT molecular complexity index is 1570. The van der Waals surface area contributed by atoms with E-state index in [4.69, 9.17) is 18.9 Å². The Labute approximate surface area is 256 Å². The van der Waals surface area contributed by atoms with Gasteiger partial charge in [-0.3, -0.25) is 9.69 Å². The third kappa shape index (κ3) is 7.80. The third-order valence-corrected chi connectivity index (χ3v) is 7.03. The van der Waals surface area contributed by atoms with Gasteiger partial charge in [0.2, 0.25) is 11.8 Å². The first-order valence-corrected chi connectivity index (χ1v) is 14.5. The van der Waals surface area contributed by atoms with Crippen LogP contribution in [0.25, 0.3) is 0 Å². The van der Waals surface area contributed by atoms with Crippen LogP contribution in [0.1, 0.15) is 28.4 Å². The van der Waals surface area contributed by atoms with E-state index >= 15 is 0 Å². The van der Waals surface area contributed by atoms with E-state index in [2.05, 4.69) is 25.5 Å². The number of ether oxygens (including phenoxy) is 4. The zero-order chi connectivity index (χ0) is 30.9. The van der Waals surface area contributed by atoms with Crippen LogP contribution in [0.2, 0.25) is 0 Å². The zero-order valence-corrected chi connectivity index (χ0v) is 25.1.